The van der Waals surface area contributed by atoms with E-state index in [2.05, 4.69) is 10.3 Å². The van der Waals surface area contributed by atoms with Crippen LogP contribution in [0.5, 0.6) is 0 Å². The first kappa shape index (κ1) is 15.2. The molecule has 1 rings (SSSR count). The Morgan fingerprint density at radius 2 is 2.17 bits per heavy atom. The lowest BCUT2D eigenvalue weighted by molar-refractivity contribution is 0.0635. The molecule has 0 saturated carbocycles. The van der Waals surface area contributed by atoms with Gasteiger partial charge in [-0.1, -0.05) is 0 Å². The Labute approximate surface area is 120 Å². The Balaban J connectivity index is 2.88. The van der Waals surface area contributed by atoms with Crippen molar-refractivity contribution in [2.75, 3.05) is 5.32 Å². The molecule has 2 N–H and O–H groups in total. The predicted molar refractivity (Wildman–Crippen MR) is 77.5 cm³/mol. The minimum atomic E-state index is -0.540. The lowest BCUT2D eigenvalue weighted by Gasteiger charge is -2.20. The van der Waals surface area contributed by atoms with Crippen LogP contribution in [0.3, 0.4) is 0 Å². The Bertz CT molecular complexity index is 432. The molecule has 0 unspecified atom stereocenters. The average Bonchev–Trinajstić information content (AvgIpc) is 2.20. The van der Waals surface area contributed by atoms with Crippen LogP contribution in [0.25, 0.3) is 0 Å². The van der Waals surface area contributed by atoms with Crippen molar-refractivity contribution in [3.05, 3.63) is 21.0 Å². The van der Waals surface area contributed by atoms with Crippen molar-refractivity contribution < 1.29 is 14.6 Å². The highest BCUT2D eigenvalue weighted by molar-refractivity contribution is 14.1. The van der Waals surface area contributed by atoms with Gasteiger partial charge in [-0.25, -0.2) is 9.78 Å². The Morgan fingerprint density at radius 3 is 2.61 bits per heavy atom. The summed E-state index contributed by atoms with van der Waals surface area (Å²) in [6, 6.07) is 1.73. The molecule has 100 valence electrons. The number of ether oxygens (including phenoxy) is 1. The van der Waals surface area contributed by atoms with Crippen LogP contribution in [0.4, 0.5) is 10.5 Å². The van der Waals surface area contributed by atoms with E-state index in [1.807, 2.05) is 29.5 Å². The average molecular weight is 364 g/mol. The summed E-state index contributed by atoms with van der Waals surface area (Å²) in [5.74, 6) is 0. The molecule has 0 aliphatic heterocycles. The van der Waals surface area contributed by atoms with Crippen molar-refractivity contribution in [1.29, 1.82) is 0 Å². The number of nitrogens with zero attached hydrogens (tertiary/aromatic N) is 1. The van der Waals surface area contributed by atoms with Crippen molar-refractivity contribution in [2.45, 2.75) is 39.9 Å². The van der Waals surface area contributed by atoms with E-state index in [0.717, 1.165) is 5.56 Å². The van der Waals surface area contributed by atoms with Gasteiger partial charge in [-0.05, 0) is 61.9 Å². The van der Waals surface area contributed by atoms with E-state index in [-0.39, 0.29) is 6.61 Å². The van der Waals surface area contributed by atoms with Gasteiger partial charge in [0.25, 0.3) is 0 Å². The molecule has 5 nitrogen and oxygen atoms in total. The molecule has 0 bridgehead atoms. The van der Waals surface area contributed by atoms with Gasteiger partial charge < -0.3 is 9.84 Å². The number of aliphatic hydroxyl groups excluding tert-OH is 1. The third kappa shape index (κ3) is 4.41. The Kier molecular flexibility index (Phi) is 4.92. The number of carbonyl (C=O) groups is 1. The molecule has 1 amide bonds. The molecule has 1 aromatic heterocycles. The first-order valence-corrected chi connectivity index (χ1v) is 6.57. The Morgan fingerprint density at radius 1 is 1.56 bits per heavy atom. The van der Waals surface area contributed by atoms with Crippen molar-refractivity contribution in [1.82, 2.24) is 4.98 Å². The summed E-state index contributed by atoms with van der Waals surface area (Å²) in [5, 5.41) is 11.7. The predicted octanol–water partition coefficient (Wildman–Crippen LogP) is 2.83. The largest absolute Gasteiger partial charge is 0.444 e. The summed E-state index contributed by atoms with van der Waals surface area (Å²) in [5.41, 5.74) is 1.49. The highest BCUT2D eigenvalue weighted by Gasteiger charge is 2.18. The summed E-state index contributed by atoms with van der Waals surface area (Å²) < 4.78 is 5.80. The highest BCUT2D eigenvalue weighted by atomic mass is 127. The fourth-order valence-corrected chi connectivity index (χ4v) is 2.21. The summed E-state index contributed by atoms with van der Waals surface area (Å²) in [6.45, 7) is 7.13. The second kappa shape index (κ2) is 5.83. The molecule has 0 fully saturated rings. The minimum absolute atomic E-state index is 0.121. The number of hydrogen-bond donors (Lipinski definition) is 2. The fourth-order valence-electron chi connectivity index (χ4n) is 1.34. The second-order valence-corrected chi connectivity index (χ2v) is 5.90. The number of halogens is 1. The monoisotopic (exact) mass is 364 g/mol. The maximum absolute atomic E-state index is 11.7. The van der Waals surface area contributed by atoms with Gasteiger partial charge in [0.1, 0.15) is 9.30 Å². The van der Waals surface area contributed by atoms with Crippen LogP contribution in [-0.4, -0.2) is 21.8 Å². The van der Waals surface area contributed by atoms with Crippen molar-refractivity contribution in [3.8, 4) is 0 Å². The molecule has 0 radical (unpaired) electrons. The molecule has 0 aliphatic rings. The standard InChI is InChI=1S/C12H17IN2O3/c1-7-5-8(6-16)14-10(13)9(7)15-11(17)18-12(2,3)4/h5,16H,6H2,1-4H3,(H,15,17). The van der Waals surface area contributed by atoms with E-state index in [0.29, 0.717) is 15.1 Å². The van der Waals surface area contributed by atoms with E-state index in [1.54, 1.807) is 26.8 Å². The van der Waals surface area contributed by atoms with Crippen LogP contribution in [0.1, 0.15) is 32.0 Å². The molecule has 0 spiro atoms. The zero-order valence-electron chi connectivity index (χ0n) is 10.9. The number of nitrogens with one attached hydrogen (secondary N) is 1. The molecule has 0 aromatic carbocycles. The first-order valence-electron chi connectivity index (χ1n) is 5.50. The van der Waals surface area contributed by atoms with Crippen LogP contribution in [-0.2, 0) is 11.3 Å². The van der Waals surface area contributed by atoms with Crippen LogP contribution >= 0.6 is 22.6 Å². The van der Waals surface area contributed by atoms with Crippen LogP contribution < -0.4 is 5.32 Å². The molecule has 18 heavy (non-hydrogen) atoms. The number of hydrogen-bond acceptors (Lipinski definition) is 4. The molecule has 1 heterocycles. The maximum Gasteiger partial charge on any atom is 0.412 e. The van der Waals surface area contributed by atoms with Gasteiger partial charge in [-0.2, -0.15) is 0 Å². The van der Waals surface area contributed by atoms with Crippen molar-refractivity contribution in [3.63, 3.8) is 0 Å². The molecule has 0 aliphatic carbocycles. The van der Waals surface area contributed by atoms with Gasteiger partial charge in [0.05, 0.1) is 18.0 Å². The van der Waals surface area contributed by atoms with Crippen LogP contribution in [0, 0.1) is 10.6 Å². The van der Waals surface area contributed by atoms with Gasteiger partial charge in [-0.15, -0.1) is 0 Å². The molecular weight excluding hydrogens is 347 g/mol. The van der Waals surface area contributed by atoms with Crippen molar-refractivity contribution >= 4 is 34.4 Å². The topological polar surface area (TPSA) is 71.5 Å². The minimum Gasteiger partial charge on any atom is -0.444 e. The molecule has 1 aromatic rings. The maximum atomic E-state index is 11.7. The number of amides is 1. The van der Waals surface area contributed by atoms with Crippen molar-refractivity contribution in [2.24, 2.45) is 0 Å². The van der Waals surface area contributed by atoms with Gasteiger partial charge in [0, 0.05) is 0 Å². The van der Waals surface area contributed by atoms with E-state index < -0.39 is 11.7 Å². The fraction of sp³-hybridized carbons (Fsp3) is 0.500. The normalized spacial score (nSPS) is 11.2. The van der Waals surface area contributed by atoms with Gasteiger partial charge >= 0.3 is 6.09 Å². The SMILES string of the molecule is Cc1cc(CO)nc(I)c1NC(=O)OC(C)(C)C. The number of anilines is 1. The molecular formula is C12H17IN2O3. The smallest absolute Gasteiger partial charge is 0.412 e. The number of rotatable bonds is 2. The van der Waals surface area contributed by atoms with E-state index in [4.69, 9.17) is 9.84 Å². The second-order valence-electron chi connectivity index (χ2n) is 4.88. The highest BCUT2D eigenvalue weighted by Crippen LogP contribution is 2.22. The number of pyridine rings is 1. The van der Waals surface area contributed by atoms with Gasteiger partial charge in [0.2, 0.25) is 0 Å². The number of aromatic nitrogens is 1. The lowest BCUT2D eigenvalue weighted by Crippen LogP contribution is -2.27. The number of aryl methyl sites for hydroxylation is 1. The third-order valence-corrected chi connectivity index (χ3v) is 2.79. The molecule has 6 heteroatoms. The zero-order valence-corrected chi connectivity index (χ0v) is 13.0. The molecule has 0 atom stereocenters. The van der Waals surface area contributed by atoms with Crippen LogP contribution in [0.15, 0.2) is 6.07 Å². The summed E-state index contributed by atoms with van der Waals surface area (Å²) in [4.78, 5) is 15.8. The summed E-state index contributed by atoms with van der Waals surface area (Å²) >= 11 is 2.01. The first-order chi connectivity index (χ1) is 8.23. The lowest BCUT2D eigenvalue weighted by atomic mass is 10.2. The zero-order chi connectivity index (χ0) is 13.9. The molecule has 0 saturated heterocycles. The van der Waals surface area contributed by atoms with E-state index in [9.17, 15) is 4.79 Å². The van der Waals surface area contributed by atoms with E-state index in [1.165, 1.54) is 0 Å². The van der Waals surface area contributed by atoms with Gasteiger partial charge in [0.15, 0.2) is 0 Å². The van der Waals surface area contributed by atoms with Crippen LogP contribution in [0.2, 0.25) is 0 Å². The van der Waals surface area contributed by atoms with E-state index >= 15 is 0 Å². The quantitative estimate of drug-likeness (QED) is 0.625. The third-order valence-electron chi connectivity index (χ3n) is 2.01. The number of aliphatic hydroxyl groups is 1. The number of carbonyl (C=O) groups excluding carboxylic acids is 1. The Hall–Kier alpha value is -0.890. The summed E-state index contributed by atoms with van der Waals surface area (Å²) in [6.07, 6.45) is -0.512. The van der Waals surface area contributed by atoms with Gasteiger partial charge in [-0.3, -0.25) is 5.32 Å². The summed E-state index contributed by atoms with van der Waals surface area (Å²) in [7, 11) is 0.